The highest BCUT2D eigenvalue weighted by Crippen LogP contribution is 2.40. The van der Waals surface area contributed by atoms with E-state index in [1.54, 1.807) is 6.92 Å². The number of hydrogen-bond acceptors (Lipinski definition) is 5. The van der Waals surface area contributed by atoms with Crippen LogP contribution >= 0.6 is 0 Å². The fourth-order valence-electron chi connectivity index (χ4n) is 4.24. The van der Waals surface area contributed by atoms with E-state index in [4.69, 9.17) is 11.5 Å². The summed E-state index contributed by atoms with van der Waals surface area (Å²) < 4.78 is 40.4. The highest BCUT2D eigenvalue weighted by atomic mass is 19.4. The molecule has 34 heavy (non-hydrogen) atoms. The van der Waals surface area contributed by atoms with Gasteiger partial charge in [-0.3, -0.25) is 9.79 Å². The number of carbonyl (C=O) groups is 1. The van der Waals surface area contributed by atoms with Crippen molar-refractivity contribution < 1.29 is 18.0 Å². The second-order valence-electron chi connectivity index (χ2n) is 8.58. The van der Waals surface area contributed by atoms with Gasteiger partial charge < -0.3 is 16.8 Å². The maximum Gasteiger partial charge on any atom is 0.416 e. The zero-order valence-electron chi connectivity index (χ0n) is 19.0. The summed E-state index contributed by atoms with van der Waals surface area (Å²) in [6.07, 6.45) is 4.34. The molecule has 0 atom stereocenters. The predicted octanol–water partition coefficient (Wildman–Crippen LogP) is 4.10. The zero-order chi connectivity index (χ0) is 24.9. The first-order chi connectivity index (χ1) is 16.0. The smallest absolute Gasteiger partial charge is 0.398 e. The Morgan fingerprint density at radius 2 is 1.88 bits per heavy atom. The number of aliphatic imine (C=N–C) groups is 1. The average molecular weight is 475 g/mol. The number of aromatic nitrogens is 2. The van der Waals surface area contributed by atoms with Crippen LogP contribution < -0.4 is 16.8 Å². The molecule has 1 heterocycles. The van der Waals surface area contributed by atoms with Crippen LogP contribution in [0.1, 0.15) is 59.3 Å². The Morgan fingerprint density at radius 3 is 2.47 bits per heavy atom. The van der Waals surface area contributed by atoms with Gasteiger partial charge in [0.2, 0.25) is 0 Å². The van der Waals surface area contributed by atoms with Crippen molar-refractivity contribution in [3.8, 4) is 0 Å². The lowest BCUT2D eigenvalue weighted by Gasteiger charge is -2.38. The van der Waals surface area contributed by atoms with Crippen molar-refractivity contribution in [1.29, 1.82) is 0 Å². The van der Waals surface area contributed by atoms with E-state index in [-0.39, 0.29) is 17.4 Å². The standard InChI is InChI=1S/C24H29F3N6O/c1-16(28)12-30-13-21(29)33-14-20(17(2)32-33)22(34)31-15-23(10-4-3-5-11-23)18-6-8-19(9-7-18)24(25,26)27/h6-9,12-14H,1,3-5,10-11,15,28-29H2,2H3,(H,31,34)/b21-13+,30-12?. The Balaban J connectivity index is 1.77. The van der Waals surface area contributed by atoms with E-state index >= 15 is 0 Å². The Hall–Kier alpha value is -3.56. The molecule has 0 aliphatic heterocycles. The highest BCUT2D eigenvalue weighted by Gasteiger charge is 2.36. The summed E-state index contributed by atoms with van der Waals surface area (Å²) in [6.45, 7) is 5.51. The summed E-state index contributed by atoms with van der Waals surface area (Å²) in [5.74, 6) is -0.139. The molecule has 1 aliphatic rings. The minimum atomic E-state index is -4.38. The van der Waals surface area contributed by atoms with E-state index in [9.17, 15) is 18.0 Å². The number of amides is 1. The van der Waals surface area contributed by atoms with E-state index in [0.717, 1.165) is 49.8 Å². The Bertz CT molecular complexity index is 1090. The van der Waals surface area contributed by atoms with Gasteiger partial charge in [0.25, 0.3) is 5.91 Å². The molecule has 0 saturated heterocycles. The first-order valence-electron chi connectivity index (χ1n) is 11.0. The first-order valence-corrected chi connectivity index (χ1v) is 11.0. The molecule has 10 heteroatoms. The van der Waals surface area contributed by atoms with Crippen molar-refractivity contribution in [2.24, 2.45) is 16.5 Å². The first kappa shape index (κ1) is 25.1. The Labute approximate surface area is 196 Å². The van der Waals surface area contributed by atoms with Crippen LogP contribution in [0.25, 0.3) is 5.82 Å². The minimum absolute atomic E-state index is 0.188. The van der Waals surface area contributed by atoms with Crippen molar-refractivity contribution in [2.45, 2.75) is 50.6 Å². The third-order valence-corrected chi connectivity index (χ3v) is 6.08. The summed E-state index contributed by atoms with van der Waals surface area (Å²) in [7, 11) is 0. The lowest BCUT2D eigenvalue weighted by Crippen LogP contribution is -2.42. The number of halogens is 3. The van der Waals surface area contributed by atoms with Gasteiger partial charge >= 0.3 is 6.18 Å². The normalized spacial score (nSPS) is 16.5. The lowest BCUT2D eigenvalue weighted by molar-refractivity contribution is -0.137. The molecular formula is C24H29F3N6O. The quantitative estimate of drug-likeness (QED) is 0.525. The molecule has 5 N–H and O–H groups in total. The topological polar surface area (TPSA) is 111 Å². The van der Waals surface area contributed by atoms with Gasteiger partial charge in [0.1, 0.15) is 5.82 Å². The fourth-order valence-corrected chi connectivity index (χ4v) is 4.24. The summed E-state index contributed by atoms with van der Waals surface area (Å²) in [6, 6.07) is 5.29. The summed E-state index contributed by atoms with van der Waals surface area (Å²) in [5, 5.41) is 7.23. The number of alkyl halides is 3. The monoisotopic (exact) mass is 474 g/mol. The number of rotatable bonds is 7. The van der Waals surface area contributed by atoms with Crippen molar-refractivity contribution in [3.63, 3.8) is 0 Å². The zero-order valence-corrected chi connectivity index (χ0v) is 19.0. The molecule has 7 nitrogen and oxygen atoms in total. The van der Waals surface area contributed by atoms with Gasteiger partial charge in [-0.2, -0.15) is 18.3 Å². The average Bonchev–Trinajstić information content (AvgIpc) is 3.19. The number of benzene rings is 1. The largest absolute Gasteiger partial charge is 0.416 e. The Morgan fingerprint density at radius 1 is 1.24 bits per heavy atom. The summed E-state index contributed by atoms with van der Waals surface area (Å²) in [4.78, 5) is 16.9. The summed E-state index contributed by atoms with van der Waals surface area (Å²) in [5.41, 5.74) is 12.2. The molecule has 2 aromatic rings. The molecule has 0 radical (unpaired) electrons. The van der Waals surface area contributed by atoms with Gasteiger partial charge in [0.15, 0.2) is 0 Å². The second kappa shape index (κ2) is 10.1. The predicted molar refractivity (Wildman–Crippen MR) is 126 cm³/mol. The van der Waals surface area contributed by atoms with Crippen molar-refractivity contribution in [3.05, 3.63) is 71.3 Å². The number of carbonyl (C=O) groups excluding carboxylic acids is 1. The van der Waals surface area contributed by atoms with Crippen LogP contribution in [0.5, 0.6) is 0 Å². The molecule has 0 unspecified atom stereocenters. The van der Waals surface area contributed by atoms with Crippen LogP contribution in [0.2, 0.25) is 0 Å². The van der Waals surface area contributed by atoms with Gasteiger partial charge in [0, 0.05) is 30.1 Å². The van der Waals surface area contributed by atoms with Gasteiger partial charge in [-0.05, 0) is 37.5 Å². The molecule has 1 aromatic heterocycles. The second-order valence-corrected chi connectivity index (χ2v) is 8.58. The summed E-state index contributed by atoms with van der Waals surface area (Å²) >= 11 is 0. The molecule has 0 spiro atoms. The molecule has 1 amide bonds. The SMILES string of the molecule is C=C(N)C=N/C=C(\N)n1cc(C(=O)NCC2(c3ccc(C(F)(F)F)cc3)CCCCC2)c(C)n1. The number of allylic oxidation sites excluding steroid dienone is 1. The van der Waals surface area contributed by atoms with Crippen LogP contribution in [0, 0.1) is 6.92 Å². The third-order valence-electron chi connectivity index (χ3n) is 6.08. The number of nitrogens with one attached hydrogen (secondary N) is 1. The third kappa shape index (κ3) is 5.86. The van der Waals surface area contributed by atoms with E-state index < -0.39 is 17.2 Å². The maximum atomic E-state index is 13.0. The fraction of sp³-hybridized carbons (Fsp3) is 0.375. The number of aryl methyl sites for hydroxylation is 1. The van der Waals surface area contributed by atoms with Crippen LogP contribution in [0.3, 0.4) is 0 Å². The van der Waals surface area contributed by atoms with Gasteiger partial charge in [-0.15, -0.1) is 0 Å². The molecular weight excluding hydrogens is 445 g/mol. The van der Waals surface area contributed by atoms with E-state index in [2.05, 4.69) is 22.0 Å². The number of nitrogens with two attached hydrogens (primary N) is 2. The Kier molecular flexibility index (Phi) is 7.48. The molecule has 3 rings (SSSR count). The van der Waals surface area contributed by atoms with E-state index in [0.29, 0.717) is 17.8 Å². The molecule has 0 bridgehead atoms. The van der Waals surface area contributed by atoms with Crippen LogP contribution in [0.15, 0.2) is 53.9 Å². The number of nitrogens with zero attached hydrogens (tertiary/aromatic N) is 3. The maximum absolute atomic E-state index is 13.0. The van der Waals surface area contributed by atoms with Crippen molar-refractivity contribution in [2.75, 3.05) is 6.54 Å². The van der Waals surface area contributed by atoms with Gasteiger partial charge in [0.05, 0.1) is 23.0 Å². The van der Waals surface area contributed by atoms with Crippen molar-refractivity contribution >= 4 is 17.9 Å². The lowest BCUT2D eigenvalue weighted by atomic mass is 9.69. The van der Waals surface area contributed by atoms with Crippen LogP contribution in [0.4, 0.5) is 13.2 Å². The molecule has 1 saturated carbocycles. The van der Waals surface area contributed by atoms with Gasteiger partial charge in [-0.1, -0.05) is 38.0 Å². The van der Waals surface area contributed by atoms with Crippen molar-refractivity contribution in [1.82, 2.24) is 15.1 Å². The minimum Gasteiger partial charge on any atom is -0.398 e. The van der Waals surface area contributed by atoms with E-state index in [1.807, 2.05) is 0 Å². The molecule has 1 aromatic carbocycles. The van der Waals surface area contributed by atoms with Crippen LogP contribution in [-0.2, 0) is 11.6 Å². The highest BCUT2D eigenvalue weighted by molar-refractivity contribution is 5.95. The molecule has 182 valence electrons. The van der Waals surface area contributed by atoms with Gasteiger partial charge in [-0.25, -0.2) is 4.68 Å². The van der Waals surface area contributed by atoms with E-state index in [1.165, 1.54) is 35.4 Å². The number of hydrogen-bond donors (Lipinski definition) is 3. The molecule has 1 fully saturated rings. The molecule has 1 aliphatic carbocycles. The van der Waals surface area contributed by atoms with Crippen LogP contribution in [-0.4, -0.2) is 28.4 Å².